The summed E-state index contributed by atoms with van der Waals surface area (Å²) in [7, 11) is 0. The molecule has 4 heteroatoms. The van der Waals surface area contributed by atoms with Crippen molar-refractivity contribution in [2.75, 3.05) is 6.54 Å². The topological polar surface area (TPSA) is 34.2 Å². The lowest BCUT2D eigenvalue weighted by molar-refractivity contribution is 0.0968. The zero-order chi connectivity index (χ0) is 14.5. The first-order valence-corrected chi connectivity index (χ1v) is 7.98. The Labute approximate surface area is 127 Å². The van der Waals surface area contributed by atoms with Gasteiger partial charge in [-0.15, -0.1) is 0 Å². The third-order valence-electron chi connectivity index (χ3n) is 3.86. The van der Waals surface area contributed by atoms with Crippen molar-refractivity contribution >= 4 is 11.6 Å². The fourth-order valence-electron chi connectivity index (χ4n) is 3.04. The van der Waals surface area contributed by atoms with Gasteiger partial charge in [0.25, 0.3) is 0 Å². The Morgan fingerprint density at radius 2 is 2.00 bits per heavy atom. The van der Waals surface area contributed by atoms with Crippen LogP contribution >= 0.6 is 11.6 Å². The molecule has 3 nitrogen and oxygen atoms in total. The van der Waals surface area contributed by atoms with Gasteiger partial charge in [-0.1, -0.05) is 32.4 Å². The molecule has 0 spiro atoms. The summed E-state index contributed by atoms with van der Waals surface area (Å²) in [5.41, 5.74) is 1.09. The second kappa shape index (κ2) is 7.28. The van der Waals surface area contributed by atoms with E-state index in [1.165, 1.54) is 6.42 Å². The third kappa shape index (κ3) is 4.35. The van der Waals surface area contributed by atoms with E-state index in [1.807, 2.05) is 12.3 Å². The van der Waals surface area contributed by atoms with Gasteiger partial charge in [-0.05, 0) is 49.3 Å². The van der Waals surface area contributed by atoms with Crippen LogP contribution in [0.2, 0.25) is 5.02 Å². The summed E-state index contributed by atoms with van der Waals surface area (Å²) in [5, 5.41) is 3.88. The molecular weight excluding hydrogens is 272 g/mol. The summed E-state index contributed by atoms with van der Waals surface area (Å²) in [6, 6.07) is 1.95. The minimum atomic E-state index is 0.248. The summed E-state index contributed by atoms with van der Waals surface area (Å²) in [5.74, 6) is 2.02. The van der Waals surface area contributed by atoms with Crippen LogP contribution in [0.25, 0.3) is 0 Å². The van der Waals surface area contributed by atoms with E-state index >= 15 is 0 Å². The van der Waals surface area contributed by atoms with Crippen molar-refractivity contribution in [3.05, 3.63) is 22.8 Å². The summed E-state index contributed by atoms with van der Waals surface area (Å²) < 4.78 is 6.02. The van der Waals surface area contributed by atoms with E-state index in [1.54, 1.807) is 0 Å². The smallest absolute Gasteiger partial charge is 0.232 e. The van der Waals surface area contributed by atoms with Crippen LogP contribution in [0.1, 0.15) is 45.6 Å². The highest BCUT2D eigenvalue weighted by Crippen LogP contribution is 2.32. The van der Waals surface area contributed by atoms with E-state index in [-0.39, 0.29) is 6.10 Å². The Morgan fingerprint density at radius 1 is 1.30 bits per heavy atom. The number of halogens is 1. The number of aromatic nitrogens is 1. The Hall–Kier alpha value is -0.800. The molecule has 1 saturated carbocycles. The molecule has 1 N–H and O–H groups in total. The number of nitrogens with one attached hydrogen (secondary N) is 1. The van der Waals surface area contributed by atoms with Crippen molar-refractivity contribution in [2.24, 2.45) is 11.8 Å². The molecule has 2 atom stereocenters. The van der Waals surface area contributed by atoms with Crippen molar-refractivity contribution in [3.63, 3.8) is 0 Å². The van der Waals surface area contributed by atoms with Crippen LogP contribution in [0.3, 0.4) is 0 Å². The van der Waals surface area contributed by atoms with E-state index in [0.29, 0.717) is 10.9 Å². The molecule has 1 aliphatic rings. The van der Waals surface area contributed by atoms with Crippen LogP contribution in [0.4, 0.5) is 0 Å². The Bertz CT molecular complexity index is 428. The van der Waals surface area contributed by atoms with Crippen molar-refractivity contribution < 1.29 is 4.74 Å². The molecule has 1 fully saturated rings. The summed E-state index contributed by atoms with van der Waals surface area (Å²) in [6.07, 6.45) is 5.59. The fraction of sp³-hybridized carbons (Fsp3) is 0.688. The molecule has 0 bridgehead atoms. The van der Waals surface area contributed by atoms with Gasteiger partial charge in [0.2, 0.25) is 5.88 Å². The molecule has 112 valence electrons. The zero-order valence-corrected chi connectivity index (χ0v) is 13.4. The van der Waals surface area contributed by atoms with Crippen LogP contribution in [-0.4, -0.2) is 17.6 Å². The monoisotopic (exact) mass is 296 g/mol. The van der Waals surface area contributed by atoms with Crippen molar-refractivity contribution in [1.29, 1.82) is 0 Å². The lowest BCUT2D eigenvalue weighted by Crippen LogP contribution is -2.28. The number of ether oxygens (including phenoxy) is 1. The largest absolute Gasteiger partial charge is 0.473 e. The van der Waals surface area contributed by atoms with E-state index in [2.05, 4.69) is 31.1 Å². The van der Waals surface area contributed by atoms with Gasteiger partial charge >= 0.3 is 0 Å². The molecule has 1 aliphatic carbocycles. The minimum Gasteiger partial charge on any atom is -0.473 e. The highest BCUT2D eigenvalue weighted by atomic mass is 35.5. The average molecular weight is 297 g/mol. The fourth-order valence-corrected chi connectivity index (χ4v) is 3.28. The van der Waals surface area contributed by atoms with E-state index in [0.717, 1.165) is 43.3 Å². The van der Waals surface area contributed by atoms with Crippen LogP contribution < -0.4 is 10.1 Å². The summed E-state index contributed by atoms with van der Waals surface area (Å²) >= 11 is 6.29. The maximum Gasteiger partial charge on any atom is 0.232 e. The van der Waals surface area contributed by atoms with Crippen LogP contribution in [0, 0.1) is 11.8 Å². The predicted octanol–water partition coefficient (Wildman–Crippen LogP) is 4.05. The van der Waals surface area contributed by atoms with E-state index < -0.39 is 0 Å². The molecule has 0 saturated heterocycles. The number of hydrogen-bond acceptors (Lipinski definition) is 3. The molecule has 1 aromatic rings. The Balaban J connectivity index is 1.98. The third-order valence-corrected chi connectivity index (χ3v) is 4.13. The summed E-state index contributed by atoms with van der Waals surface area (Å²) in [4.78, 5) is 4.38. The standard InChI is InChI=1S/C16H25ClN2O/c1-4-18-9-13-8-15(17)16(19-10-13)20-14-6-11(2)5-12(3)7-14/h8,10-12,14,18H,4-7,9H2,1-3H3. The normalized spacial score (nSPS) is 26.5. The molecule has 0 aromatic carbocycles. The van der Waals surface area contributed by atoms with Gasteiger partial charge in [-0.2, -0.15) is 0 Å². The quantitative estimate of drug-likeness (QED) is 0.890. The lowest BCUT2D eigenvalue weighted by atomic mass is 9.82. The molecule has 1 aromatic heterocycles. The predicted molar refractivity (Wildman–Crippen MR) is 83.2 cm³/mol. The minimum absolute atomic E-state index is 0.248. The second-order valence-electron chi connectivity index (χ2n) is 6.07. The molecule has 2 rings (SSSR count). The van der Waals surface area contributed by atoms with Crippen LogP contribution in [0.5, 0.6) is 5.88 Å². The molecule has 20 heavy (non-hydrogen) atoms. The first-order chi connectivity index (χ1) is 9.58. The molecule has 1 heterocycles. The van der Waals surface area contributed by atoms with E-state index in [9.17, 15) is 0 Å². The molecular formula is C16H25ClN2O. The van der Waals surface area contributed by atoms with Crippen molar-refractivity contribution in [2.45, 2.75) is 52.7 Å². The number of hydrogen-bond donors (Lipinski definition) is 1. The number of pyridine rings is 1. The Morgan fingerprint density at radius 3 is 2.60 bits per heavy atom. The molecule has 0 radical (unpaired) electrons. The van der Waals surface area contributed by atoms with Gasteiger partial charge < -0.3 is 10.1 Å². The van der Waals surface area contributed by atoms with Crippen LogP contribution in [0.15, 0.2) is 12.3 Å². The van der Waals surface area contributed by atoms with Gasteiger partial charge in [-0.3, -0.25) is 0 Å². The van der Waals surface area contributed by atoms with Gasteiger partial charge in [0.05, 0.1) is 0 Å². The molecule has 0 amide bonds. The summed E-state index contributed by atoms with van der Waals surface area (Å²) in [6.45, 7) is 8.40. The number of nitrogens with zero attached hydrogens (tertiary/aromatic N) is 1. The highest BCUT2D eigenvalue weighted by molar-refractivity contribution is 6.31. The molecule has 2 unspecified atom stereocenters. The van der Waals surface area contributed by atoms with Crippen molar-refractivity contribution in [3.8, 4) is 5.88 Å². The second-order valence-corrected chi connectivity index (χ2v) is 6.48. The van der Waals surface area contributed by atoms with Gasteiger partial charge in [0.15, 0.2) is 0 Å². The maximum atomic E-state index is 6.29. The van der Waals surface area contributed by atoms with Crippen LogP contribution in [-0.2, 0) is 6.54 Å². The molecule has 0 aliphatic heterocycles. The number of rotatable bonds is 5. The average Bonchev–Trinajstić information content (AvgIpc) is 2.38. The van der Waals surface area contributed by atoms with Gasteiger partial charge in [-0.25, -0.2) is 4.98 Å². The zero-order valence-electron chi connectivity index (χ0n) is 12.7. The van der Waals surface area contributed by atoms with Gasteiger partial charge in [0.1, 0.15) is 11.1 Å². The highest BCUT2D eigenvalue weighted by Gasteiger charge is 2.26. The first-order valence-electron chi connectivity index (χ1n) is 7.60. The van der Waals surface area contributed by atoms with Crippen molar-refractivity contribution in [1.82, 2.24) is 10.3 Å². The first kappa shape index (κ1) is 15.6. The SMILES string of the molecule is CCNCc1cnc(OC2CC(C)CC(C)C2)c(Cl)c1. The lowest BCUT2D eigenvalue weighted by Gasteiger charge is -2.31. The Kier molecular flexibility index (Phi) is 5.67. The van der Waals surface area contributed by atoms with Gasteiger partial charge in [0, 0.05) is 12.7 Å². The van der Waals surface area contributed by atoms with E-state index in [4.69, 9.17) is 16.3 Å². The maximum absolute atomic E-state index is 6.29.